The number of aryl methyl sites for hydroxylation is 1. The van der Waals surface area contributed by atoms with Crippen LogP contribution in [0.3, 0.4) is 0 Å². The third kappa shape index (κ3) is 2.19. The van der Waals surface area contributed by atoms with Gasteiger partial charge >= 0.3 is 11.9 Å². The lowest BCUT2D eigenvalue weighted by atomic mass is 10.2. The topological polar surface area (TPSA) is 124 Å². The van der Waals surface area contributed by atoms with E-state index in [0.717, 1.165) is 0 Å². The highest BCUT2D eigenvalue weighted by molar-refractivity contribution is 5.84. The van der Waals surface area contributed by atoms with Gasteiger partial charge in [0.1, 0.15) is 5.76 Å². The molecule has 2 aromatic rings. The molecule has 0 spiro atoms. The summed E-state index contributed by atoms with van der Waals surface area (Å²) in [5.74, 6) is -1.44. The second-order valence-electron chi connectivity index (χ2n) is 3.50. The van der Waals surface area contributed by atoms with Gasteiger partial charge in [0.15, 0.2) is 0 Å². The van der Waals surface area contributed by atoms with Crippen molar-refractivity contribution in [1.29, 1.82) is 0 Å². The molecule has 0 saturated carbocycles. The van der Waals surface area contributed by atoms with Gasteiger partial charge in [-0.05, 0) is 17.9 Å². The highest BCUT2D eigenvalue weighted by Gasteiger charge is 2.17. The molecule has 9 heteroatoms. The molecule has 0 aliphatic rings. The molecule has 2 rings (SSSR count). The van der Waals surface area contributed by atoms with Crippen LogP contribution in [0.25, 0.3) is 0 Å². The predicted octanol–water partition coefficient (Wildman–Crippen LogP) is 0.834. The van der Waals surface area contributed by atoms with E-state index in [9.17, 15) is 14.9 Å². The van der Waals surface area contributed by atoms with Gasteiger partial charge < -0.3 is 19.6 Å². The number of aromatic nitrogens is 3. The van der Waals surface area contributed by atoms with Crippen LogP contribution in [0.5, 0.6) is 0 Å². The average Bonchev–Trinajstić information content (AvgIpc) is 2.87. The number of carboxylic acid groups (broad SMARTS) is 1. The summed E-state index contributed by atoms with van der Waals surface area (Å²) >= 11 is 0. The van der Waals surface area contributed by atoms with Crippen molar-refractivity contribution in [3.63, 3.8) is 0 Å². The van der Waals surface area contributed by atoms with Crippen LogP contribution in [0.1, 0.15) is 21.9 Å². The first-order chi connectivity index (χ1) is 8.47. The highest BCUT2D eigenvalue weighted by atomic mass is 16.6. The first kappa shape index (κ1) is 11.8. The van der Waals surface area contributed by atoms with Crippen molar-refractivity contribution in [1.82, 2.24) is 14.8 Å². The van der Waals surface area contributed by atoms with E-state index in [1.165, 1.54) is 17.1 Å². The molecule has 1 N–H and O–H groups in total. The molecule has 0 aliphatic heterocycles. The molecule has 2 heterocycles. The van der Waals surface area contributed by atoms with Crippen LogP contribution in [0.15, 0.2) is 16.8 Å². The van der Waals surface area contributed by atoms with E-state index < -0.39 is 16.8 Å². The molecule has 9 nitrogen and oxygen atoms in total. The minimum atomic E-state index is -1.17. The Labute approximate surface area is 99.8 Å². The van der Waals surface area contributed by atoms with Gasteiger partial charge in [0, 0.05) is 10.7 Å². The van der Waals surface area contributed by atoms with Crippen molar-refractivity contribution in [3.05, 3.63) is 39.6 Å². The van der Waals surface area contributed by atoms with Crippen LogP contribution in [0, 0.1) is 17.0 Å². The normalized spacial score (nSPS) is 10.5. The SMILES string of the molecule is Cc1oc(C(=O)O)cc1Cn1cnc([N+](=O)[O-])n1. The molecule has 0 saturated heterocycles. The molecule has 18 heavy (non-hydrogen) atoms. The number of carboxylic acids is 1. The zero-order valence-corrected chi connectivity index (χ0v) is 9.23. The molecule has 0 atom stereocenters. The first-order valence-electron chi connectivity index (χ1n) is 4.84. The van der Waals surface area contributed by atoms with Crippen LogP contribution in [0.4, 0.5) is 5.95 Å². The Balaban J connectivity index is 2.22. The molecule has 0 fully saturated rings. The van der Waals surface area contributed by atoms with E-state index in [0.29, 0.717) is 11.3 Å². The fourth-order valence-corrected chi connectivity index (χ4v) is 1.40. The molecular formula is C9H8N4O5. The number of hydrogen-bond donors (Lipinski definition) is 1. The maximum Gasteiger partial charge on any atom is 0.490 e. The van der Waals surface area contributed by atoms with Gasteiger partial charge in [-0.2, -0.15) is 4.68 Å². The van der Waals surface area contributed by atoms with Crippen LogP contribution in [0.2, 0.25) is 0 Å². The Morgan fingerprint density at radius 3 is 2.89 bits per heavy atom. The van der Waals surface area contributed by atoms with E-state index in [4.69, 9.17) is 9.52 Å². The molecule has 0 aromatic carbocycles. The Kier molecular flexibility index (Phi) is 2.80. The summed E-state index contributed by atoms with van der Waals surface area (Å²) in [5, 5.41) is 22.8. The molecule has 2 aromatic heterocycles. The van der Waals surface area contributed by atoms with Crippen LogP contribution in [-0.2, 0) is 6.54 Å². The van der Waals surface area contributed by atoms with E-state index in [1.807, 2.05) is 0 Å². The van der Waals surface area contributed by atoms with E-state index >= 15 is 0 Å². The predicted molar refractivity (Wildman–Crippen MR) is 56.2 cm³/mol. The Morgan fingerprint density at radius 1 is 1.67 bits per heavy atom. The number of hydrogen-bond acceptors (Lipinski definition) is 6. The molecule has 0 amide bonds. The summed E-state index contributed by atoms with van der Waals surface area (Å²) in [6.45, 7) is 1.76. The average molecular weight is 252 g/mol. The summed E-state index contributed by atoms with van der Waals surface area (Å²) in [6.07, 6.45) is 1.20. The lowest BCUT2D eigenvalue weighted by Crippen LogP contribution is -2.01. The van der Waals surface area contributed by atoms with Crippen molar-refractivity contribution in [2.45, 2.75) is 13.5 Å². The summed E-state index contributed by atoms with van der Waals surface area (Å²) in [7, 11) is 0. The van der Waals surface area contributed by atoms with Crippen molar-refractivity contribution in [3.8, 4) is 0 Å². The van der Waals surface area contributed by atoms with E-state index in [1.54, 1.807) is 6.92 Å². The molecule has 0 unspecified atom stereocenters. The van der Waals surface area contributed by atoms with Crippen molar-refractivity contribution in [2.24, 2.45) is 0 Å². The molecular weight excluding hydrogens is 244 g/mol. The second-order valence-corrected chi connectivity index (χ2v) is 3.50. The van der Waals surface area contributed by atoms with E-state index in [2.05, 4.69) is 10.1 Å². The Bertz CT molecular complexity index is 614. The summed E-state index contributed by atoms with van der Waals surface area (Å²) in [4.78, 5) is 23.9. The quantitative estimate of drug-likeness (QED) is 0.631. The molecule has 0 bridgehead atoms. The first-order valence-corrected chi connectivity index (χ1v) is 4.84. The van der Waals surface area contributed by atoms with Gasteiger partial charge in [0.2, 0.25) is 12.1 Å². The zero-order valence-electron chi connectivity index (χ0n) is 9.23. The smallest absolute Gasteiger partial charge is 0.475 e. The fraction of sp³-hybridized carbons (Fsp3) is 0.222. The number of nitrogens with zero attached hydrogens (tertiary/aromatic N) is 4. The Hall–Kier alpha value is -2.71. The zero-order chi connectivity index (χ0) is 13.3. The fourth-order valence-electron chi connectivity index (χ4n) is 1.40. The summed E-state index contributed by atoms with van der Waals surface area (Å²) < 4.78 is 6.25. The standard InChI is InChI=1S/C9H8N4O5/c1-5-6(2-7(18-5)8(14)15)3-12-4-10-9(11-12)13(16)17/h2,4H,3H2,1H3,(H,14,15). The Morgan fingerprint density at radius 2 is 2.39 bits per heavy atom. The number of nitro groups is 1. The number of rotatable bonds is 4. The second kappa shape index (κ2) is 4.28. The summed E-state index contributed by atoms with van der Waals surface area (Å²) in [5.41, 5.74) is 0.576. The van der Waals surface area contributed by atoms with E-state index in [-0.39, 0.29) is 12.3 Å². The van der Waals surface area contributed by atoms with Gasteiger partial charge in [-0.1, -0.05) is 4.98 Å². The monoisotopic (exact) mass is 252 g/mol. The highest BCUT2D eigenvalue weighted by Crippen LogP contribution is 2.16. The van der Waals surface area contributed by atoms with Gasteiger partial charge in [-0.25, -0.2) is 4.79 Å². The van der Waals surface area contributed by atoms with Crippen molar-refractivity contribution in [2.75, 3.05) is 0 Å². The van der Waals surface area contributed by atoms with Crippen LogP contribution in [-0.4, -0.2) is 30.8 Å². The van der Waals surface area contributed by atoms with Gasteiger partial charge in [-0.3, -0.25) is 0 Å². The maximum absolute atomic E-state index is 10.7. The van der Waals surface area contributed by atoms with Crippen molar-refractivity contribution >= 4 is 11.9 Å². The number of carbonyl (C=O) groups is 1. The molecule has 0 radical (unpaired) electrons. The maximum atomic E-state index is 10.7. The van der Waals surface area contributed by atoms with Crippen LogP contribution >= 0.6 is 0 Å². The summed E-state index contributed by atoms with van der Waals surface area (Å²) in [6, 6.07) is 1.35. The lowest BCUT2D eigenvalue weighted by Gasteiger charge is -1.93. The third-order valence-corrected chi connectivity index (χ3v) is 2.25. The van der Waals surface area contributed by atoms with Gasteiger partial charge in [0.05, 0.1) is 6.54 Å². The molecule has 0 aliphatic carbocycles. The lowest BCUT2D eigenvalue weighted by molar-refractivity contribution is -0.394. The van der Waals surface area contributed by atoms with Gasteiger partial charge in [-0.15, -0.1) is 0 Å². The minimum Gasteiger partial charge on any atom is -0.475 e. The van der Waals surface area contributed by atoms with Gasteiger partial charge in [0.25, 0.3) is 0 Å². The molecule has 94 valence electrons. The third-order valence-electron chi connectivity index (χ3n) is 2.25. The number of aromatic carboxylic acids is 1. The van der Waals surface area contributed by atoms with Crippen LogP contribution < -0.4 is 0 Å². The number of furan rings is 1. The van der Waals surface area contributed by atoms with Crippen molar-refractivity contribution < 1.29 is 19.2 Å². The largest absolute Gasteiger partial charge is 0.490 e. The minimum absolute atomic E-state index is 0.156.